The van der Waals surface area contributed by atoms with Gasteiger partial charge in [0, 0.05) is 13.1 Å². The molecule has 0 radical (unpaired) electrons. The lowest BCUT2D eigenvalue weighted by atomic mass is 9.83. The second kappa shape index (κ2) is 6.55. The number of ether oxygens (including phenoxy) is 1. The molecule has 1 aliphatic rings. The van der Waals surface area contributed by atoms with Crippen LogP contribution in [0.25, 0.3) is 0 Å². The first-order valence-corrected chi connectivity index (χ1v) is 8.03. The van der Waals surface area contributed by atoms with Crippen molar-refractivity contribution in [3.05, 3.63) is 65.2 Å². The Hall–Kier alpha value is -2.13. The Kier molecular flexibility index (Phi) is 4.49. The number of fused-ring (bicyclic) bond motifs is 1. The Labute approximate surface area is 137 Å². The van der Waals surface area contributed by atoms with E-state index in [-0.39, 0.29) is 5.41 Å². The van der Waals surface area contributed by atoms with Gasteiger partial charge in [0.25, 0.3) is 0 Å². The van der Waals surface area contributed by atoms with E-state index in [4.69, 9.17) is 4.74 Å². The summed E-state index contributed by atoms with van der Waals surface area (Å²) in [4.78, 5) is 14.2. The van der Waals surface area contributed by atoms with Crippen LogP contribution in [0.2, 0.25) is 0 Å². The molecular formula is C20H23NO2. The van der Waals surface area contributed by atoms with Gasteiger partial charge < -0.3 is 14.4 Å². The Morgan fingerprint density at radius 1 is 1.17 bits per heavy atom. The number of likely N-dealkylation sites (N-methyl/N-ethyl adjacent to an activating group) is 1. The topological polar surface area (TPSA) is 29.5 Å². The van der Waals surface area contributed by atoms with Crippen molar-refractivity contribution in [2.45, 2.75) is 24.8 Å². The number of hydrogen-bond donors (Lipinski definition) is 0. The molecule has 3 heteroatoms. The average Bonchev–Trinajstić information content (AvgIpc) is 2.95. The molecule has 0 bridgehead atoms. The van der Waals surface area contributed by atoms with Gasteiger partial charge in [0.2, 0.25) is 0 Å². The zero-order valence-corrected chi connectivity index (χ0v) is 13.8. The van der Waals surface area contributed by atoms with Gasteiger partial charge in [-0.25, -0.2) is 0 Å². The summed E-state index contributed by atoms with van der Waals surface area (Å²) in [5.41, 5.74) is 3.38. The van der Waals surface area contributed by atoms with Crippen molar-refractivity contribution in [3.63, 3.8) is 0 Å². The molecule has 3 nitrogen and oxygen atoms in total. The van der Waals surface area contributed by atoms with E-state index in [1.54, 1.807) is 7.11 Å². The van der Waals surface area contributed by atoms with Crippen LogP contribution in [0.1, 0.15) is 23.1 Å². The van der Waals surface area contributed by atoms with Gasteiger partial charge in [-0.3, -0.25) is 0 Å². The maximum atomic E-state index is 11.9. The number of hydrogen-bond acceptors (Lipinski definition) is 3. The lowest BCUT2D eigenvalue weighted by molar-refractivity contribution is -0.113. The fourth-order valence-corrected chi connectivity index (χ4v) is 3.62. The van der Waals surface area contributed by atoms with Gasteiger partial charge in [0.1, 0.15) is 12.0 Å². The molecule has 1 aliphatic carbocycles. The molecule has 0 amide bonds. The van der Waals surface area contributed by atoms with Gasteiger partial charge in [-0.05, 0) is 48.7 Å². The van der Waals surface area contributed by atoms with Crippen LogP contribution < -0.4 is 4.74 Å². The van der Waals surface area contributed by atoms with Crippen LogP contribution in [0.15, 0.2) is 48.5 Å². The summed E-state index contributed by atoms with van der Waals surface area (Å²) in [5, 5.41) is 0. The second-order valence-corrected chi connectivity index (χ2v) is 6.45. The number of methoxy groups -OCH3 is 1. The molecule has 2 aromatic carbocycles. The Morgan fingerprint density at radius 3 is 2.61 bits per heavy atom. The van der Waals surface area contributed by atoms with Crippen molar-refractivity contribution in [3.8, 4) is 5.75 Å². The molecule has 0 spiro atoms. The second-order valence-electron chi connectivity index (χ2n) is 6.45. The fraction of sp³-hybridized carbons (Fsp3) is 0.350. The molecule has 1 atom stereocenters. The van der Waals surface area contributed by atoms with E-state index in [1.807, 2.05) is 18.2 Å². The predicted molar refractivity (Wildman–Crippen MR) is 91.8 cm³/mol. The molecule has 23 heavy (non-hydrogen) atoms. The van der Waals surface area contributed by atoms with Crippen LogP contribution >= 0.6 is 0 Å². The molecule has 120 valence electrons. The highest BCUT2D eigenvalue weighted by Crippen LogP contribution is 2.38. The van der Waals surface area contributed by atoms with Crippen molar-refractivity contribution in [1.82, 2.24) is 4.90 Å². The summed E-state index contributed by atoms with van der Waals surface area (Å²) in [5.74, 6) is 0.866. The van der Waals surface area contributed by atoms with Gasteiger partial charge in [0.05, 0.1) is 12.5 Å². The van der Waals surface area contributed by atoms with Crippen LogP contribution in [-0.2, 0) is 23.2 Å². The quantitative estimate of drug-likeness (QED) is 0.767. The molecule has 0 aliphatic heterocycles. The number of nitrogens with zero attached hydrogens (tertiary/aromatic N) is 1. The van der Waals surface area contributed by atoms with Crippen molar-refractivity contribution in [1.29, 1.82) is 0 Å². The number of carbonyl (C=O) groups excluding carboxylic acids is 1. The lowest BCUT2D eigenvalue weighted by Crippen LogP contribution is -2.38. The Balaban J connectivity index is 1.73. The number of aldehydes is 1. The molecule has 0 fully saturated rings. The van der Waals surface area contributed by atoms with E-state index in [1.165, 1.54) is 16.7 Å². The van der Waals surface area contributed by atoms with Crippen LogP contribution in [0, 0.1) is 0 Å². The monoisotopic (exact) mass is 309 g/mol. The van der Waals surface area contributed by atoms with E-state index in [9.17, 15) is 4.79 Å². The van der Waals surface area contributed by atoms with Crippen molar-refractivity contribution >= 4 is 6.29 Å². The summed E-state index contributed by atoms with van der Waals surface area (Å²) < 4.78 is 5.19. The maximum Gasteiger partial charge on any atom is 0.131 e. The van der Waals surface area contributed by atoms with Crippen molar-refractivity contribution < 1.29 is 9.53 Å². The van der Waals surface area contributed by atoms with Crippen LogP contribution in [0.4, 0.5) is 0 Å². The molecule has 0 saturated heterocycles. The predicted octanol–water partition coefficient (Wildman–Crippen LogP) is 3.21. The first-order valence-electron chi connectivity index (χ1n) is 8.03. The van der Waals surface area contributed by atoms with Crippen LogP contribution in [0.5, 0.6) is 5.75 Å². The third-order valence-electron chi connectivity index (χ3n) is 4.78. The highest BCUT2D eigenvalue weighted by molar-refractivity contribution is 5.72. The number of benzene rings is 2. The minimum atomic E-state index is -0.363. The van der Waals surface area contributed by atoms with Crippen LogP contribution in [0.3, 0.4) is 0 Å². The molecule has 1 unspecified atom stereocenters. The Morgan fingerprint density at radius 2 is 1.91 bits per heavy atom. The minimum absolute atomic E-state index is 0.363. The smallest absolute Gasteiger partial charge is 0.131 e. The minimum Gasteiger partial charge on any atom is -0.497 e. The van der Waals surface area contributed by atoms with Gasteiger partial charge in [-0.1, -0.05) is 36.4 Å². The number of aryl methyl sites for hydroxylation is 1. The van der Waals surface area contributed by atoms with Crippen LogP contribution in [-0.4, -0.2) is 31.9 Å². The molecular weight excluding hydrogens is 286 g/mol. The zero-order chi connectivity index (χ0) is 16.3. The van der Waals surface area contributed by atoms with Gasteiger partial charge >= 0.3 is 0 Å². The van der Waals surface area contributed by atoms with E-state index >= 15 is 0 Å². The molecule has 0 aromatic heterocycles. The molecule has 3 rings (SSSR count). The Bertz CT molecular complexity index is 680. The van der Waals surface area contributed by atoms with Crippen molar-refractivity contribution in [2.75, 3.05) is 20.7 Å². The summed E-state index contributed by atoms with van der Waals surface area (Å²) in [6, 6.07) is 16.4. The summed E-state index contributed by atoms with van der Waals surface area (Å²) in [6.07, 6.45) is 3.05. The largest absolute Gasteiger partial charge is 0.497 e. The standard InChI is InChI=1S/C20H23NO2/c1-21(13-16-7-9-18(23-2)10-8-16)14-20(15-22)12-11-17-5-3-4-6-19(17)20/h3-10,15H,11-14H2,1-2H3. The number of rotatable bonds is 6. The summed E-state index contributed by atoms with van der Waals surface area (Å²) >= 11 is 0. The first kappa shape index (κ1) is 15.8. The average molecular weight is 309 g/mol. The van der Waals surface area contributed by atoms with Gasteiger partial charge in [0.15, 0.2) is 0 Å². The highest BCUT2D eigenvalue weighted by Gasteiger charge is 2.39. The highest BCUT2D eigenvalue weighted by atomic mass is 16.5. The molecule has 0 N–H and O–H groups in total. The molecule has 0 heterocycles. The van der Waals surface area contributed by atoms with Gasteiger partial charge in [-0.15, -0.1) is 0 Å². The van der Waals surface area contributed by atoms with E-state index in [0.29, 0.717) is 0 Å². The summed E-state index contributed by atoms with van der Waals surface area (Å²) in [7, 11) is 3.75. The first-order chi connectivity index (χ1) is 11.2. The van der Waals surface area contributed by atoms with Crippen molar-refractivity contribution in [2.24, 2.45) is 0 Å². The van der Waals surface area contributed by atoms with Gasteiger partial charge in [-0.2, -0.15) is 0 Å². The summed E-state index contributed by atoms with van der Waals surface area (Å²) in [6.45, 7) is 1.57. The SMILES string of the molecule is COc1ccc(CN(C)CC2(C=O)CCc3ccccc32)cc1. The third-order valence-corrected chi connectivity index (χ3v) is 4.78. The molecule has 2 aromatic rings. The zero-order valence-electron chi connectivity index (χ0n) is 13.8. The molecule has 0 saturated carbocycles. The van der Waals surface area contributed by atoms with E-state index in [0.717, 1.165) is 38.0 Å². The maximum absolute atomic E-state index is 11.9. The number of carbonyl (C=O) groups is 1. The fourth-order valence-electron chi connectivity index (χ4n) is 3.62. The normalized spacial score (nSPS) is 19.6. The lowest BCUT2D eigenvalue weighted by Gasteiger charge is -2.30. The third kappa shape index (κ3) is 3.15. The van der Waals surface area contributed by atoms with E-state index in [2.05, 4.69) is 42.3 Å². The van der Waals surface area contributed by atoms with E-state index < -0.39 is 0 Å².